The summed E-state index contributed by atoms with van der Waals surface area (Å²) in [6.45, 7) is 4.23. The Labute approximate surface area is 198 Å². The molecular formula is C26H27N5O3. The third kappa shape index (κ3) is 4.19. The van der Waals surface area contributed by atoms with E-state index < -0.39 is 0 Å². The van der Waals surface area contributed by atoms with Gasteiger partial charge in [0.15, 0.2) is 5.69 Å². The van der Waals surface area contributed by atoms with Gasteiger partial charge in [-0.05, 0) is 24.1 Å². The molecule has 0 saturated carbocycles. The van der Waals surface area contributed by atoms with Crippen molar-refractivity contribution in [2.75, 3.05) is 26.2 Å². The van der Waals surface area contributed by atoms with Crippen LogP contribution < -0.4 is 5.32 Å². The van der Waals surface area contributed by atoms with Crippen LogP contribution in [0, 0.1) is 6.92 Å². The van der Waals surface area contributed by atoms with E-state index in [1.54, 1.807) is 4.90 Å². The van der Waals surface area contributed by atoms with Crippen molar-refractivity contribution in [3.05, 3.63) is 88.2 Å². The van der Waals surface area contributed by atoms with Gasteiger partial charge in [0.2, 0.25) is 5.91 Å². The summed E-state index contributed by atoms with van der Waals surface area (Å²) < 4.78 is 1.89. The number of aryl methyl sites for hydroxylation is 1. The van der Waals surface area contributed by atoms with E-state index in [0.29, 0.717) is 50.4 Å². The van der Waals surface area contributed by atoms with Crippen LogP contribution in [0.25, 0.3) is 0 Å². The molecule has 174 valence electrons. The van der Waals surface area contributed by atoms with Crippen LogP contribution >= 0.6 is 0 Å². The van der Waals surface area contributed by atoms with Crippen molar-refractivity contribution in [1.29, 1.82) is 0 Å². The van der Waals surface area contributed by atoms with Crippen LogP contribution in [0.15, 0.2) is 54.6 Å². The number of carbonyl (C=O) groups is 3. The smallest absolute Gasteiger partial charge is 0.275 e. The molecule has 1 N–H and O–H groups in total. The van der Waals surface area contributed by atoms with Crippen LogP contribution in [0.3, 0.4) is 0 Å². The lowest BCUT2D eigenvalue weighted by Crippen LogP contribution is -2.50. The van der Waals surface area contributed by atoms with Crippen molar-refractivity contribution in [3.8, 4) is 0 Å². The van der Waals surface area contributed by atoms with Gasteiger partial charge in [0, 0.05) is 42.9 Å². The van der Waals surface area contributed by atoms with E-state index in [2.05, 4.69) is 5.32 Å². The monoisotopic (exact) mass is 457 g/mol. The molecule has 2 aliphatic heterocycles. The number of amides is 3. The molecule has 8 heteroatoms. The third-order valence-electron chi connectivity index (χ3n) is 6.50. The second kappa shape index (κ2) is 9.13. The highest BCUT2D eigenvalue weighted by molar-refractivity contribution is 5.98. The Morgan fingerprint density at radius 1 is 0.941 bits per heavy atom. The maximum absolute atomic E-state index is 13.5. The molecule has 0 spiro atoms. The van der Waals surface area contributed by atoms with Gasteiger partial charge in [-0.3, -0.25) is 19.1 Å². The molecule has 0 atom stereocenters. The van der Waals surface area contributed by atoms with Crippen LogP contribution in [0.2, 0.25) is 0 Å². The van der Waals surface area contributed by atoms with Crippen molar-refractivity contribution in [2.45, 2.75) is 26.4 Å². The predicted octanol–water partition coefficient (Wildman–Crippen LogP) is 2.01. The van der Waals surface area contributed by atoms with E-state index in [4.69, 9.17) is 5.10 Å². The lowest BCUT2D eigenvalue weighted by molar-refractivity contribution is -0.123. The summed E-state index contributed by atoms with van der Waals surface area (Å²) in [4.78, 5) is 42.0. The number of hydrogen-bond acceptors (Lipinski definition) is 4. The van der Waals surface area contributed by atoms with Crippen molar-refractivity contribution < 1.29 is 14.4 Å². The van der Waals surface area contributed by atoms with Gasteiger partial charge in [-0.15, -0.1) is 0 Å². The highest BCUT2D eigenvalue weighted by Gasteiger charge is 2.33. The number of fused-ring (bicyclic) bond motifs is 1. The highest BCUT2D eigenvalue weighted by Crippen LogP contribution is 2.26. The van der Waals surface area contributed by atoms with E-state index >= 15 is 0 Å². The minimum absolute atomic E-state index is 0.0189. The average Bonchev–Trinajstić information content (AvgIpc) is 3.21. The number of hydrogen-bond donors (Lipinski definition) is 1. The molecule has 1 aromatic heterocycles. The van der Waals surface area contributed by atoms with Gasteiger partial charge in [0.1, 0.15) is 0 Å². The molecule has 8 nitrogen and oxygen atoms in total. The number of rotatable bonds is 4. The standard InChI is InChI=1S/C26H27N5O3/c1-18-7-5-6-10-20(18)25(33)29-13-11-22-21(16-29)24(26(34)30-14-12-27-23(32)17-30)28-31(22)15-19-8-3-2-4-9-19/h2-10H,11-17H2,1H3,(H,27,32). The summed E-state index contributed by atoms with van der Waals surface area (Å²) >= 11 is 0. The van der Waals surface area contributed by atoms with Crippen molar-refractivity contribution in [3.63, 3.8) is 0 Å². The Balaban J connectivity index is 1.49. The van der Waals surface area contributed by atoms with Crippen LogP contribution in [0.5, 0.6) is 0 Å². The number of benzene rings is 2. The van der Waals surface area contributed by atoms with Crippen LogP contribution in [-0.4, -0.2) is 63.5 Å². The van der Waals surface area contributed by atoms with E-state index in [1.807, 2.05) is 66.2 Å². The molecule has 1 fully saturated rings. The van der Waals surface area contributed by atoms with Crippen LogP contribution in [-0.2, 0) is 24.3 Å². The predicted molar refractivity (Wildman–Crippen MR) is 126 cm³/mol. The zero-order valence-corrected chi connectivity index (χ0v) is 19.2. The molecule has 2 aliphatic rings. The van der Waals surface area contributed by atoms with Crippen molar-refractivity contribution >= 4 is 17.7 Å². The number of carbonyl (C=O) groups excluding carboxylic acids is 3. The SMILES string of the molecule is Cc1ccccc1C(=O)N1CCc2c(c(C(=O)N3CCNC(=O)C3)nn2Cc2ccccc2)C1. The Kier molecular flexibility index (Phi) is 5.88. The van der Waals surface area contributed by atoms with Gasteiger partial charge in [-0.25, -0.2) is 0 Å². The van der Waals surface area contributed by atoms with Gasteiger partial charge in [0.25, 0.3) is 11.8 Å². The minimum atomic E-state index is -0.261. The molecule has 0 radical (unpaired) electrons. The first kappa shape index (κ1) is 21.9. The van der Waals surface area contributed by atoms with Gasteiger partial charge < -0.3 is 15.1 Å². The Bertz CT molecular complexity index is 1250. The number of piperazine rings is 1. The number of nitrogens with one attached hydrogen (secondary N) is 1. The van der Waals surface area contributed by atoms with Gasteiger partial charge in [-0.1, -0.05) is 48.5 Å². The van der Waals surface area contributed by atoms with Crippen molar-refractivity contribution in [1.82, 2.24) is 24.9 Å². The molecule has 1 saturated heterocycles. The summed E-state index contributed by atoms with van der Waals surface area (Å²) in [6, 6.07) is 17.5. The van der Waals surface area contributed by atoms with E-state index in [-0.39, 0.29) is 24.3 Å². The van der Waals surface area contributed by atoms with E-state index in [0.717, 1.165) is 22.4 Å². The maximum Gasteiger partial charge on any atom is 0.275 e. The first-order valence-corrected chi connectivity index (χ1v) is 11.5. The molecule has 3 heterocycles. The fourth-order valence-corrected chi connectivity index (χ4v) is 4.67. The normalized spacial score (nSPS) is 15.6. The lowest BCUT2D eigenvalue weighted by atomic mass is 10.0. The topological polar surface area (TPSA) is 87.5 Å². The molecule has 0 bridgehead atoms. The average molecular weight is 458 g/mol. The first-order valence-electron chi connectivity index (χ1n) is 11.5. The summed E-state index contributed by atoms with van der Waals surface area (Å²) in [7, 11) is 0. The fraction of sp³-hybridized carbons (Fsp3) is 0.308. The molecule has 0 aliphatic carbocycles. The molecular weight excluding hydrogens is 430 g/mol. The Morgan fingerprint density at radius 3 is 2.44 bits per heavy atom. The molecule has 3 amide bonds. The van der Waals surface area contributed by atoms with Crippen molar-refractivity contribution in [2.24, 2.45) is 0 Å². The molecule has 0 unspecified atom stereocenters. The summed E-state index contributed by atoms with van der Waals surface area (Å²) in [5, 5.41) is 7.48. The van der Waals surface area contributed by atoms with Gasteiger partial charge in [-0.2, -0.15) is 5.10 Å². The summed E-state index contributed by atoms with van der Waals surface area (Å²) in [6.07, 6.45) is 0.612. The largest absolute Gasteiger partial charge is 0.353 e. The molecule has 2 aromatic carbocycles. The Hall–Kier alpha value is -3.94. The third-order valence-corrected chi connectivity index (χ3v) is 6.50. The zero-order valence-electron chi connectivity index (χ0n) is 19.2. The number of nitrogens with zero attached hydrogens (tertiary/aromatic N) is 4. The summed E-state index contributed by atoms with van der Waals surface area (Å²) in [5.74, 6) is -0.480. The second-order valence-electron chi connectivity index (χ2n) is 8.79. The fourth-order valence-electron chi connectivity index (χ4n) is 4.67. The Morgan fingerprint density at radius 2 is 1.68 bits per heavy atom. The van der Waals surface area contributed by atoms with Crippen LogP contribution in [0.1, 0.15) is 43.2 Å². The minimum Gasteiger partial charge on any atom is -0.353 e. The molecule has 34 heavy (non-hydrogen) atoms. The lowest BCUT2D eigenvalue weighted by Gasteiger charge is -2.29. The molecule has 5 rings (SSSR count). The maximum atomic E-state index is 13.5. The van der Waals surface area contributed by atoms with E-state index in [9.17, 15) is 14.4 Å². The van der Waals surface area contributed by atoms with Gasteiger partial charge in [0.05, 0.1) is 19.6 Å². The number of aromatic nitrogens is 2. The first-order chi connectivity index (χ1) is 16.5. The quantitative estimate of drug-likeness (QED) is 0.649. The van der Waals surface area contributed by atoms with E-state index in [1.165, 1.54) is 4.90 Å². The zero-order chi connectivity index (χ0) is 23.7. The molecule has 3 aromatic rings. The van der Waals surface area contributed by atoms with Gasteiger partial charge >= 0.3 is 0 Å². The second-order valence-corrected chi connectivity index (χ2v) is 8.79. The highest BCUT2D eigenvalue weighted by atomic mass is 16.2. The van der Waals surface area contributed by atoms with Crippen LogP contribution in [0.4, 0.5) is 0 Å². The summed E-state index contributed by atoms with van der Waals surface area (Å²) in [5.41, 5.74) is 4.77.